The predicted octanol–water partition coefficient (Wildman–Crippen LogP) is 0.758. The summed E-state index contributed by atoms with van der Waals surface area (Å²) < 4.78 is 34.3. The van der Waals surface area contributed by atoms with Crippen LogP contribution in [0.4, 0.5) is 0 Å². The molecule has 18 heavy (non-hydrogen) atoms. The molecule has 0 unspecified atom stereocenters. The van der Waals surface area contributed by atoms with Crippen LogP contribution in [0, 0.1) is 0 Å². The first-order chi connectivity index (χ1) is 8.55. The van der Waals surface area contributed by atoms with E-state index in [2.05, 4.69) is 4.84 Å². The molecule has 0 aliphatic carbocycles. The molecule has 0 aromatic heterocycles. The van der Waals surface area contributed by atoms with E-state index < -0.39 is 9.84 Å². The highest BCUT2D eigenvalue weighted by molar-refractivity contribution is 7.91. The van der Waals surface area contributed by atoms with Crippen LogP contribution in [0.15, 0.2) is 23.1 Å². The van der Waals surface area contributed by atoms with Crippen molar-refractivity contribution in [2.75, 3.05) is 26.6 Å². The van der Waals surface area contributed by atoms with Crippen molar-refractivity contribution in [1.29, 1.82) is 0 Å². The van der Waals surface area contributed by atoms with Gasteiger partial charge >= 0.3 is 0 Å². The fourth-order valence-electron chi connectivity index (χ4n) is 1.47. The lowest BCUT2D eigenvalue weighted by molar-refractivity contribution is 0.139. The normalized spacial score (nSPS) is 11.3. The maximum atomic E-state index is 12.1. The highest BCUT2D eigenvalue weighted by Gasteiger charge is 2.20. The van der Waals surface area contributed by atoms with Gasteiger partial charge in [0, 0.05) is 6.07 Å². The van der Waals surface area contributed by atoms with E-state index in [0.717, 1.165) is 0 Å². The fourth-order valence-corrected chi connectivity index (χ4v) is 2.94. The van der Waals surface area contributed by atoms with Crippen molar-refractivity contribution in [2.45, 2.75) is 11.3 Å². The Hall–Kier alpha value is -1.31. The molecule has 0 saturated carbocycles. The predicted molar refractivity (Wildman–Crippen MR) is 66.4 cm³/mol. The van der Waals surface area contributed by atoms with Crippen molar-refractivity contribution >= 4 is 9.84 Å². The first-order valence-electron chi connectivity index (χ1n) is 5.31. The average molecular weight is 275 g/mol. The van der Waals surface area contributed by atoms with E-state index >= 15 is 0 Å². The number of benzene rings is 1. The molecule has 0 heterocycles. The molecule has 2 N–H and O–H groups in total. The summed E-state index contributed by atoms with van der Waals surface area (Å²) in [6.07, 6.45) is 0.319. The Labute approximate surface area is 107 Å². The summed E-state index contributed by atoms with van der Waals surface area (Å²) in [5.74, 6) is 5.56. The standard InChI is InChI=1S/C11H17NO5S/c1-15-9-4-5-10(16-2)11(8-9)18(13,14)7-3-6-17-12/h4-5,8H,3,6-7,12H2,1-2H3. The topological polar surface area (TPSA) is 87.8 Å². The first-order valence-corrected chi connectivity index (χ1v) is 6.97. The summed E-state index contributed by atoms with van der Waals surface area (Å²) in [5.41, 5.74) is 0. The van der Waals surface area contributed by atoms with E-state index in [0.29, 0.717) is 17.9 Å². The number of methoxy groups -OCH3 is 2. The lowest BCUT2D eigenvalue weighted by atomic mass is 10.3. The van der Waals surface area contributed by atoms with Gasteiger partial charge in [-0.2, -0.15) is 0 Å². The summed E-state index contributed by atoms with van der Waals surface area (Å²) in [6, 6.07) is 4.64. The number of rotatable bonds is 7. The van der Waals surface area contributed by atoms with Crippen molar-refractivity contribution in [3.8, 4) is 11.5 Å². The summed E-state index contributed by atoms with van der Waals surface area (Å²) in [6.45, 7) is 0.186. The highest BCUT2D eigenvalue weighted by Crippen LogP contribution is 2.29. The molecule has 7 heteroatoms. The van der Waals surface area contributed by atoms with Crippen LogP contribution in [0.1, 0.15) is 6.42 Å². The molecule has 0 fully saturated rings. The van der Waals surface area contributed by atoms with E-state index in [-0.39, 0.29) is 17.3 Å². The summed E-state index contributed by atoms with van der Waals surface area (Å²) >= 11 is 0. The Balaban J connectivity index is 3.05. The fraction of sp³-hybridized carbons (Fsp3) is 0.455. The number of nitrogens with two attached hydrogens (primary N) is 1. The van der Waals surface area contributed by atoms with Crippen molar-refractivity contribution in [3.63, 3.8) is 0 Å². The van der Waals surface area contributed by atoms with Gasteiger partial charge < -0.3 is 14.3 Å². The second kappa shape index (κ2) is 6.58. The zero-order valence-corrected chi connectivity index (χ0v) is 11.2. The summed E-state index contributed by atoms with van der Waals surface area (Å²) in [4.78, 5) is 4.47. The average Bonchev–Trinajstić information content (AvgIpc) is 2.38. The molecule has 0 saturated heterocycles. The lowest BCUT2D eigenvalue weighted by Crippen LogP contribution is -2.12. The molecule has 0 radical (unpaired) electrons. The van der Waals surface area contributed by atoms with Crippen LogP contribution in [0.2, 0.25) is 0 Å². The second-order valence-corrected chi connectivity index (χ2v) is 5.64. The van der Waals surface area contributed by atoms with Gasteiger partial charge in [-0.25, -0.2) is 14.3 Å². The third kappa shape index (κ3) is 3.59. The van der Waals surface area contributed by atoms with E-state index in [1.807, 2.05) is 0 Å². The van der Waals surface area contributed by atoms with Gasteiger partial charge in [-0.3, -0.25) is 0 Å². The van der Waals surface area contributed by atoms with Gasteiger partial charge in [0.05, 0.1) is 26.6 Å². The van der Waals surface area contributed by atoms with Crippen LogP contribution in [0.25, 0.3) is 0 Å². The van der Waals surface area contributed by atoms with Gasteiger partial charge in [-0.15, -0.1) is 0 Å². The van der Waals surface area contributed by atoms with Crippen LogP contribution in [0.3, 0.4) is 0 Å². The molecule has 1 rings (SSSR count). The maximum Gasteiger partial charge on any atom is 0.182 e. The number of hydrogen-bond acceptors (Lipinski definition) is 6. The highest BCUT2D eigenvalue weighted by atomic mass is 32.2. The van der Waals surface area contributed by atoms with Crippen molar-refractivity contribution in [3.05, 3.63) is 18.2 Å². The SMILES string of the molecule is COc1ccc(OC)c(S(=O)(=O)CCCON)c1. The third-order valence-electron chi connectivity index (χ3n) is 2.38. The van der Waals surface area contributed by atoms with E-state index in [4.69, 9.17) is 15.4 Å². The largest absolute Gasteiger partial charge is 0.497 e. The summed E-state index contributed by atoms with van der Waals surface area (Å²) in [7, 11) is -0.555. The molecule has 1 aromatic rings. The van der Waals surface area contributed by atoms with Gasteiger partial charge in [0.1, 0.15) is 16.4 Å². The molecule has 0 spiro atoms. The van der Waals surface area contributed by atoms with Crippen molar-refractivity contribution < 1.29 is 22.7 Å². The van der Waals surface area contributed by atoms with E-state index in [1.165, 1.54) is 20.3 Å². The quantitative estimate of drug-likeness (QED) is 0.584. The van der Waals surface area contributed by atoms with Crippen molar-refractivity contribution in [2.24, 2.45) is 5.90 Å². The Morgan fingerprint density at radius 1 is 1.22 bits per heavy atom. The minimum absolute atomic E-state index is 0.0618. The summed E-state index contributed by atoms with van der Waals surface area (Å²) in [5, 5.41) is 0. The first kappa shape index (κ1) is 14.7. The molecule has 0 bridgehead atoms. The van der Waals surface area contributed by atoms with Crippen LogP contribution in [-0.4, -0.2) is 35.0 Å². The van der Waals surface area contributed by atoms with Crippen molar-refractivity contribution in [1.82, 2.24) is 0 Å². The van der Waals surface area contributed by atoms with Crippen LogP contribution in [-0.2, 0) is 14.7 Å². The Kier molecular flexibility index (Phi) is 5.39. The monoisotopic (exact) mass is 275 g/mol. The van der Waals surface area contributed by atoms with Gasteiger partial charge in [-0.1, -0.05) is 0 Å². The molecule has 102 valence electrons. The van der Waals surface area contributed by atoms with Gasteiger partial charge in [-0.05, 0) is 18.6 Å². The van der Waals surface area contributed by atoms with Gasteiger partial charge in [0.15, 0.2) is 9.84 Å². The second-order valence-electron chi connectivity index (χ2n) is 3.56. The molecule has 0 aliphatic heterocycles. The van der Waals surface area contributed by atoms with E-state index in [9.17, 15) is 8.42 Å². The third-order valence-corrected chi connectivity index (χ3v) is 4.20. The minimum Gasteiger partial charge on any atom is -0.497 e. The molecule has 0 aliphatic rings. The zero-order valence-electron chi connectivity index (χ0n) is 10.4. The van der Waals surface area contributed by atoms with Gasteiger partial charge in [0.2, 0.25) is 0 Å². The molecule has 0 atom stereocenters. The molecular formula is C11H17NO5S. The molecule has 0 amide bonds. The molecule has 1 aromatic carbocycles. The zero-order chi connectivity index (χ0) is 13.6. The van der Waals surface area contributed by atoms with Crippen LogP contribution >= 0.6 is 0 Å². The number of ether oxygens (including phenoxy) is 2. The number of sulfone groups is 1. The smallest absolute Gasteiger partial charge is 0.182 e. The molecular weight excluding hydrogens is 258 g/mol. The maximum absolute atomic E-state index is 12.1. The van der Waals surface area contributed by atoms with Crippen LogP contribution < -0.4 is 15.4 Å². The van der Waals surface area contributed by atoms with Gasteiger partial charge in [0.25, 0.3) is 0 Å². The Bertz CT molecular complexity index is 486. The minimum atomic E-state index is -3.45. The van der Waals surface area contributed by atoms with E-state index in [1.54, 1.807) is 12.1 Å². The van der Waals surface area contributed by atoms with Crippen LogP contribution in [0.5, 0.6) is 11.5 Å². The Morgan fingerprint density at radius 3 is 2.50 bits per heavy atom. The number of hydrogen-bond donors (Lipinski definition) is 1. The lowest BCUT2D eigenvalue weighted by Gasteiger charge is -2.11. The molecule has 6 nitrogen and oxygen atoms in total. The Morgan fingerprint density at radius 2 is 1.94 bits per heavy atom.